The predicted octanol–water partition coefficient (Wildman–Crippen LogP) is 2.75. The van der Waals surface area contributed by atoms with Gasteiger partial charge in [-0.25, -0.2) is 4.98 Å². The van der Waals surface area contributed by atoms with Crippen LogP contribution in [0.5, 0.6) is 0 Å². The van der Waals surface area contributed by atoms with Crippen molar-refractivity contribution in [3.63, 3.8) is 0 Å². The van der Waals surface area contributed by atoms with Gasteiger partial charge in [0, 0.05) is 31.9 Å². The molecule has 2 aromatic heterocycles. The Hall–Kier alpha value is -1.10. The summed E-state index contributed by atoms with van der Waals surface area (Å²) in [6, 6.07) is 3.46. The lowest BCUT2D eigenvalue weighted by Crippen LogP contribution is -2.18. The molecule has 0 bridgehead atoms. The molecule has 0 atom stereocenters. The first-order valence-electron chi connectivity index (χ1n) is 5.51. The van der Waals surface area contributed by atoms with Crippen LogP contribution in [0.2, 0.25) is 10.2 Å². The van der Waals surface area contributed by atoms with Gasteiger partial charge >= 0.3 is 0 Å². The quantitative estimate of drug-likeness (QED) is 0.810. The highest BCUT2D eigenvalue weighted by molar-refractivity contribution is 6.32. The minimum absolute atomic E-state index is 0.462. The normalized spacial score (nSPS) is 11.2. The van der Waals surface area contributed by atoms with Crippen LogP contribution in [0.4, 0.5) is 0 Å². The van der Waals surface area contributed by atoms with Gasteiger partial charge in [-0.15, -0.1) is 0 Å². The van der Waals surface area contributed by atoms with Crippen molar-refractivity contribution in [2.24, 2.45) is 7.05 Å². The lowest BCUT2D eigenvalue weighted by molar-refractivity contribution is 0.315. The molecule has 0 spiro atoms. The lowest BCUT2D eigenvalue weighted by Gasteiger charge is -2.15. The van der Waals surface area contributed by atoms with Crippen LogP contribution in [-0.4, -0.2) is 26.7 Å². The Balaban J connectivity index is 2.02. The van der Waals surface area contributed by atoms with Gasteiger partial charge in [0.2, 0.25) is 0 Å². The second kappa shape index (κ2) is 5.69. The van der Waals surface area contributed by atoms with Gasteiger partial charge in [0.15, 0.2) is 0 Å². The van der Waals surface area contributed by atoms with E-state index in [-0.39, 0.29) is 0 Å². The van der Waals surface area contributed by atoms with E-state index in [4.69, 9.17) is 23.2 Å². The molecule has 0 fully saturated rings. The molecule has 18 heavy (non-hydrogen) atoms. The van der Waals surface area contributed by atoms with Crippen LogP contribution in [0, 0.1) is 0 Å². The summed E-state index contributed by atoms with van der Waals surface area (Å²) in [6.45, 7) is 1.44. The van der Waals surface area contributed by atoms with Crippen molar-refractivity contribution in [3.8, 4) is 0 Å². The van der Waals surface area contributed by atoms with E-state index in [1.165, 1.54) is 0 Å². The molecule has 0 aliphatic rings. The van der Waals surface area contributed by atoms with Gasteiger partial charge in [-0.1, -0.05) is 23.2 Å². The van der Waals surface area contributed by atoms with E-state index in [9.17, 15) is 0 Å². The Morgan fingerprint density at radius 1 is 1.28 bits per heavy atom. The summed E-state index contributed by atoms with van der Waals surface area (Å²) in [4.78, 5) is 6.34. The summed E-state index contributed by atoms with van der Waals surface area (Å²) in [5, 5.41) is 5.23. The zero-order valence-corrected chi connectivity index (χ0v) is 11.8. The average molecular weight is 285 g/mol. The van der Waals surface area contributed by atoms with E-state index in [1.807, 2.05) is 26.5 Å². The molecule has 0 radical (unpaired) electrons. The SMILES string of the molecule is CN(Cc1cnn(C)c1)Cc1nc(Cl)ccc1Cl. The molecule has 0 amide bonds. The van der Waals surface area contributed by atoms with E-state index in [0.717, 1.165) is 17.8 Å². The number of aromatic nitrogens is 3. The van der Waals surface area contributed by atoms with Gasteiger partial charge in [0.05, 0.1) is 16.9 Å². The van der Waals surface area contributed by atoms with E-state index < -0.39 is 0 Å². The fourth-order valence-corrected chi connectivity index (χ4v) is 2.08. The third kappa shape index (κ3) is 3.45. The maximum Gasteiger partial charge on any atom is 0.129 e. The van der Waals surface area contributed by atoms with Crippen LogP contribution in [0.25, 0.3) is 0 Å². The Morgan fingerprint density at radius 2 is 2.06 bits per heavy atom. The fourth-order valence-electron chi connectivity index (χ4n) is 1.75. The molecule has 0 aromatic carbocycles. The Bertz CT molecular complexity index is 539. The number of nitrogens with zero attached hydrogens (tertiary/aromatic N) is 4. The Labute approximate surface area is 116 Å². The molecular formula is C12H14Cl2N4. The molecule has 0 saturated heterocycles. The summed E-state index contributed by atoms with van der Waals surface area (Å²) in [5.41, 5.74) is 1.94. The minimum atomic E-state index is 0.462. The number of rotatable bonds is 4. The van der Waals surface area contributed by atoms with Crippen LogP contribution >= 0.6 is 23.2 Å². The van der Waals surface area contributed by atoms with Crippen molar-refractivity contribution in [3.05, 3.63) is 46.0 Å². The largest absolute Gasteiger partial charge is 0.296 e. The summed E-state index contributed by atoms with van der Waals surface area (Å²) >= 11 is 11.9. The number of aryl methyl sites for hydroxylation is 1. The second-order valence-corrected chi connectivity index (χ2v) is 5.05. The van der Waals surface area contributed by atoms with Crippen molar-refractivity contribution in [1.82, 2.24) is 19.7 Å². The summed E-state index contributed by atoms with van der Waals surface area (Å²) < 4.78 is 1.79. The highest BCUT2D eigenvalue weighted by atomic mass is 35.5. The first-order chi connectivity index (χ1) is 8.54. The lowest BCUT2D eigenvalue weighted by atomic mass is 10.3. The van der Waals surface area contributed by atoms with Crippen LogP contribution < -0.4 is 0 Å². The minimum Gasteiger partial charge on any atom is -0.296 e. The molecular weight excluding hydrogens is 271 g/mol. The van der Waals surface area contributed by atoms with Crippen molar-refractivity contribution in [2.75, 3.05) is 7.05 Å². The van der Waals surface area contributed by atoms with Crippen molar-refractivity contribution < 1.29 is 0 Å². The third-order valence-electron chi connectivity index (χ3n) is 2.52. The van der Waals surface area contributed by atoms with Crippen molar-refractivity contribution in [2.45, 2.75) is 13.1 Å². The zero-order chi connectivity index (χ0) is 13.1. The van der Waals surface area contributed by atoms with Crippen molar-refractivity contribution >= 4 is 23.2 Å². The van der Waals surface area contributed by atoms with Gasteiger partial charge < -0.3 is 0 Å². The molecule has 2 heterocycles. The van der Waals surface area contributed by atoms with Gasteiger partial charge in [-0.05, 0) is 19.2 Å². The third-order valence-corrected chi connectivity index (χ3v) is 3.07. The molecule has 0 unspecified atom stereocenters. The summed E-state index contributed by atoms with van der Waals surface area (Å²) in [5.74, 6) is 0. The molecule has 0 aliphatic heterocycles. The summed E-state index contributed by atoms with van der Waals surface area (Å²) in [7, 11) is 3.91. The van der Waals surface area contributed by atoms with Gasteiger partial charge in [0.1, 0.15) is 5.15 Å². The maximum absolute atomic E-state index is 6.08. The highest BCUT2D eigenvalue weighted by Gasteiger charge is 2.08. The number of hydrogen-bond acceptors (Lipinski definition) is 3. The fraction of sp³-hybridized carbons (Fsp3) is 0.333. The van der Waals surface area contributed by atoms with E-state index in [1.54, 1.807) is 16.8 Å². The topological polar surface area (TPSA) is 34.0 Å². The van der Waals surface area contributed by atoms with Crippen molar-refractivity contribution in [1.29, 1.82) is 0 Å². The van der Waals surface area contributed by atoms with Crippen LogP contribution in [0.1, 0.15) is 11.3 Å². The second-order valence-electron chi connectivity index (χ2n) is 4.26. The molecule has 0 aliphatic carbocycles. The average Bonchev–Trinajstić information content (AvgIpc) is 2.69. The van der Waals surface area contributed by atoms with E-state index in [2.05, 4.69) is 15.0 Å². The standard InChI is InChI=1S/C12H14Cl2N4/c1-17(6-9-5-15-18(2)7-9)8-11-10(13)3-4-12(14)16-11/h3-5,7H,6,8H2,1-2H3. The first kappa shape index (κ1) is 13.3. The van der Waals surface area contributed by atoms with Gasteiger partial charge in [-0.2, -0.15) is 5.10 Å². The Morgan fingerprint density at radius 3 is 2.72 bits per heavy atom. The zero-order valence-electron chi connectivity index (χ0n) is 10.3. The number of pyridine rings is 1. The first-order valence-corrected chi connectivity index (χ1v) is 6.27. The predicted molar refractivity (Wildman–Crippen MR) is 72.6 cm³/mol. The number of halogens is 2. The summed E-state index contributed by atoms with van der Waals surface area (Å²) in [6.07, 6.45) is 3.84. The van der Waals surface area contributed by atoms with E-state index >= 15 is 0 Å². The number of hydrogen-bond donors (Lipinski definition) is 0. The molecule has 96 valence electrons. The molecule has 6 heteroatoms. The maximum atomic E-state index is 6.08. The smallest absolute Gasteiger partial charge is 0.129 e. The molecule has 0 saturated carbocycles. The van der Waals surface area contributed by atoms with Crippen LogP contribution in [0.3, 0.4) is 0 Å². The molecule has 0 N–H and O–H groups in total. The monoisotopic (exact) mass is 284 g/mol. The van der Waals surface area contributed by atoms with Crippen LogP contribution in [0.15, 0.2) is 24.5 Å². The Kier molecular flexibility index (Phi) is 4.22. The molecule has 2 rings (SSSR count). The molecule has 2 aromatic rings. The molecule has 4 nitrogen and oxygen atoms in total. The highest BCUT2D eigenvalue weighted by Crippen LogP contribution is 2.18. The van der Waals surface area contributed by atoms with Gasteiger partial charge in [-0.3, -0.25) is 9.58 Å². The van der Waals surface area contributed by atoms with Gasteiger partial charge in [0.25, 0.3) is 0 Å². The van der Waals surface area contributed by atoms with E-state index in [0.29, 0.717) is 16.7 Å². The van der Waals surface area contributed by atoms with Crippen LogP contribution in [-0.2, 0) is 20.1 Å².